The molecule has 0 atom stereocenters. The van der Waals surface area contributed by atoms with Crippen LogP contribution in [0.5, 0.6) is 0 Å². The molecule has 0 unspecified atom stereocenters. The van der Waals surface area contributed by atoms with Gasteiger partial charge in [-0.05, 0) is 11.1 Å². The van der Waals surface area contributed by atoms with E-state index in [1.165, 1.54) is 12.2 Å². The van der Waals surface area contributed by atoms with Gasteiger partial charge in [-0.3, -0.25) is 0 Å². The van der Waals surface area contributed by atoms with Crippen molar-refractivity contribution in [1.29, 1.82) is 0 Å². The molecule has 2 aromatic rings. The highest BCUT2D eigenvalue weighted by Gasteiger charge is 2.20. The van der Waals surface area contributed by atoms with Crippen LogP contribution in [0.25, 0.3) is 0 Å². The van der Waals surface area contributed by atoms with Crippen molar-refractivity contribution in [2.45, 2.75) is 21.8 Å². The van der Waals surface area contributed by atoms with Crippen LogP contribution in [0.3, 0.4) is 0 Å². The number of halogens is 3. The molecule has 0 saturated heterocycles. The third kappa shape index (κ3) is 4.44. The van der Waals surface area contributed by atoms with Crippen LogP contribution in [0.15, 0.2) is 64.0 Å². The highest BCUT2D eigenvalue weighted by Crippen LogP contribution is 2.44. The molecule has 0 amide bonds. The second kappa shape index (κ2) is 8.49. The maximum atomic E-state index is 12.6. The Hall–Kier alpha value is -1.45. The van der Waals surface area contributed by atoms with Crippen LogP contribution in [0.4, 0.5) is 0 Å². The fraction of sp³-hybridized carbons (Fsp3) is 0.235. The Bertz CT molecular complexity index is 947. The normalized spacial score (nSPS) is 11.3. The van der Waals surface area contributed by atoms with E-state index in [0.717, 1.165) is 24.8 Å². The predicted octanol–water partition coefficient (Wildman–Crippen LogP) is 2.89. The number of aromatic nitrogens is 3. The van der Waals surface area contributed by atoms with E-state index >= 15 is 0 Å². The fourth-order valence-electron chi connectivity index (χ4n) is 2.37. The van der Waals surface area contributed by atoms with Crippen LogP contribution in [-0.2, 0) is 21.8 Å². The van der Waals surface area contributed by atoms with Gasteiger partial charge in [-0.25, -0.2) is 28.1 Å². The smallest absolute Gasteiger partial charge is 0.247 e. The van der Waals surface area contributed by atoms with E-state index in [9.17, 15) is 14.4 Å². The van der Waals surface area contributed by atoms with Crippen LogP contribution >= 0.6 is 47.8 Å². The zero-order chi connectivity index (χ0) is 19.5. The first-order valence-corrected chi connectivity index (χ1v) is 9.91. The summed E-state index contributed by atoms with van der Waals surface area (Å²) in [6, 6.07) is 7.31. The lowest BCUT2D eigenvalue weighted by atomic mass is 10.1. The molecule has 9 heteroatoms. The SMILES string of the molecule is C=CCn1c(=O)n(CC=C)c(=O)n(Cc2ccc(C(Br)(Br)Br)cc2)c1=O. The van der Waals surface area contributed by atoms with Crippen molar-refractivity contribution in [1.82, 2.24) is 13.7 Å². The average molecular weight is 550 g/mol. The number of allylic oxidation sites excluding steroid dienone is 2. The summed E-state index contributed by atoms with van der Waals surface area (Å²) < 4.78 is 2.45. The van der Waals surface area contributed by atoms with Gasteiger partial charge in [0.1, 0.15) is 0 Å². The molecule has 0 spiro atoms. The maximum absolute atomic E-state index is 12.6. The molecule has 0 radical (unpaired) electrons. The summed E-state index contributed by atoms with van der Waals surface area (Å²) in [5.74, 6) is 0. The quantitative estimate of drug-likeness (QED) is 0.411. The first kappa shape index (κ1) is 20.9. The van der Waals surface area contributed by atoms with Crippen molar-refractivity contribution in [2.24, 2.45) is 0 Å². The van der Waals surface area contributed by atoms with Crippen molar-refractivity contribution in [3.63, 3.8) is 0 Å². The van der Waals surface area contributed by atoms with Gasteiger partial charge in [0, 0.05) is 0 Å². The molecule has 26 heavy (non-hydrogen) atoms. The molecule has 1 aromatic carbocycles. The Morgan fingerprint density at radius 3 is 1.62 bits per heavy atom. The third-order valence-electron chi connectivity index (χ3n) is 3.63. The lowest BCUT2D eigenvalue weighted by Crippen LogP contribution is -2.54. The average Bonchev–Trinajstić information content (AvgIpc) is 2.59. The zero-order valence-electron chi connectivity index (χ0n) is 13.7. The van der Waals surface area contributed by atoms with Gasteiger partial charge < -0.3 is 0 Å². The van der Waals surface area contributed by atoms with E-state index in [2.05, 4.69) is 60.9 Å². The first-order valence-electron chi connectivity index (χ1n) is 7.53. The monoisotopic (exact) mass is 547 g/mol. The number of nitrogens with zero attached hydrogens (tertiary/aromatic N) is 3. The Morgan fingerprint density at radius 2 is 1.23 bits per heavy atom. The molecule has 0 fully saturated rings. The van der Waals surface area contributed by atoms with E-state index < -0.39 is 19.2 Å². The second-order valence-electron chi connectivity index (χ2n) is 5.43. The van der Waals surface area contributed by atoms with Gasteiger partial charge in [-0.1, -0.05) is 84.2 Å². The van der Waals surface area contributed by atoms with E-state index in [0.29, 0.717) is 0 Å². The zero-order valence-corrected chi connectivity index (χ0v) is 18.5. The van der Waals surface area contributed by atoms with Crippen molar-refractivity contribution in [2.75, 3.05) is 0 Å². The summed E-state index contributed by atoms with van der Waals surface area (Å²) in [7, 11) is 0. The van der Waals surface area contributed by atoms with Gasteiger partial charge in [0.15, 0.2) is 2.14 Å². The van der Waals surface area contributed by atoms with E-state index in [1.54, 1.807) is 12.1 Å². The Kier molecular flexibility index (Phi) is 6.81. The van der Waals surface area contributed by atoms with Crippen molar-refractivity contribution in [3.05, 3.63) is 92.2 Å². The van der Waals surface area contributed by atoms with Gasteiger partial charge in [0.25, 0.3) is 0 Å². The molecule has 1 aromatic heterocycles. The lowest BCUT2D eigenvalue weighted by molar-refractivity contribution is 0.498. The Balaban J connectivity index is 2.57. The van der Waals surface area contributed by atoms with E-state index in [4.69, 9.17) is 0 Å². The molecular weight excluding hydrogens is 534 g/mol. The minimum atomic E-state index is -0.672. The van der Waals surface area contributed by atoms with Crippen molar-refractivity contribution >= 4 is 47.8 Å². The first-order chi connectivity index (χ1) is 12.2. The second-order valence-corrected chi connectivity index (χ2v) is 12.2. The van der Waals surface area contributed by atoms with Gasteiger partial charge in [0.2, 0.25) is 0 Å². The molecule has 0 N–H and O–H groups in total. The molecule has 6 nitrogen and oxygen atoms in total. The van der Waals surface area contributed by atoms with Gasteiger partial charge in [0.05, 0.1) is 19.6 Å². The molecular formula is C17H16Br3N3O3. The summed E-state index contributed by atoms with van der Waals surface area (Å²) in [6.45, 7) is 7.20. The number of alkyl halides is 3. The molecule has 0 aliphatic heterocycles. The molecule has 0 bridgehead atoms. The summed E-state index contributed by atoms with van der Waals surface area (Å²) in [6.07, 6.45) is 2.87. The Labute approximate surface area is 174 Å². The van der Waals surface area contributed by atoms with E-state index in [1.807, 2.05) is 12.1 Å². The standard InChI is InChI=1S/C17H16Br3N3O3/c1-3-9-21-14(24)22(10-4-2)16(26)23(15(21)25)11-12-5-7-13(8-6-12)17(18,19)20/h3-8H,1-2,9-11H2. The maximum Gasteiger partial charge on any atom is 0.336 e. The van der Waals surface area contributed by atoms with Gasteiger partial charge in [-0.2, -0.15) is 0 Å². The fourth-order valence-corrected chi connectivity index (χ4v) is 3.16. The summed E-state index contributed by atoms with van der Waals surface area (Å²) in [5.41, 5.74) is -0.345. The van der Waals surface area contributed by atoms with Gasteiger partial charge >= 0.3 is 17.1 Å². The molecule has 0 aliphatic carbocycles. The molecule has 138 valence electrons. The summed E-state index contributed by atoms with van der Waals surface area (Å²) >= 11 is 10.3. The topological polar surface area (TPSA) is 66.0 Å². The minimum absolute atomic E-state index is 0.0211. The van der Waals surface area contributed by atoms with E-state index in [-0.39, 0.29) is 19.6 Å². The molecule has 2 rings (SSSR count). The largest absolute Gasteiger partial charge is 0.336 e. The molecule has 1 heterocycles. The van der Waals surface area contributed by atoms with Crippen LogP contribution in [-0.4, -0.2) is 13.7 Å². The Morgan fingerprint density at radius 1 is 0.808 bits per heavy atom. The number of rotatable bonds is 6. The van der Waals surface area contributed by atoms with Crippen LogP contribution < -0.4 is 17.1 Å². The highest BCUT2D eigenvalue weighted by molar-refractivity contribution is 9.38. The predicted molar refractivity (Wildman–Crippen MR) is 114 cm³/mol. The highest BCUT2D eigenvalue weighted by atomic mass is 80.0. The summed E-state index contributed by atoms with van der Waals surface area (Å²) in [4.78, 5) is 37.6. The van der Waals surface area contributed by atoms with Crippen LogP contribution in [0, 0.1) is 0 Å². The summed E-state index contributed by atoms with van der Waals surface area (Å²) in [5, 5.41) is 0. The molecule has 0 saturated carbocycles. The number of benzene rings is 1. The van der Waals surface area contributed by atoms with Crippen molar-refractivity contribution in [3.8, 4) is 0 Å². The third-order valence-corrected chi connectivity index (χ3v) is 5.00. The van der Waals surface area contributed by atoms with Crippen LogP contribution in [0.2, 0.25) is 0 Å². The number of hydrogen-bond acceptors (Lipinski definition) is 3. The van der Waals surface area contributed by atoms with Crippen molar-refractivity contribution < 1.29 is 0 Å². The number of hydrogen-bond donors (Lipinski definition) is 0. The molecule has 0 aliphatic rings. The van der Waals surface area contributed by atoms with Crippen LogP contribution in [0.1, 0.15) is 11.1 Å². The van der Waals surface area contributed by atoms with Gasteiger partial charge in [-0.15, -0.1) is 13.2 Å². The minimum Gasteiger partial charge on any atom is -0.247 e. The lowest BCUT2D eigenvalue weighted by Gasteiger charge is -2.14.